The second-order valence-corrected chi connectivity index (χ2v) is 13.8. The average molecular weight is 688 g/mol. The number of aliphatic hydroxyl groups is 1. The lowest BCUT2D eigenvalue weighted by Crippen LogP contribution is -2.36. The molecule has 46 heavy (non-hydrogen) atoms. The zero-order valence-electron chi connectivity index (χ0n) is 23.6. The van der Waals surface area contributed by atoms with Gasteiger partial charge >= 0.3 is 15.6 Å². The molecule has 2 unspecified atom stereocenters. The van der Waals surface area contributed by atoms with E-state index in [0.717, 1.165) is 17.1 Å². The largest absolute Gasteiger partial charge is 0.472 e. The van der Waals surface area contributed by atoms with Crippen molar-refractivity contribution in [2.45, 2.75) is 43.8 Å². The van der Waals surface area contributed by atoms with Gasteiger partial charge < -0.3 is 39.7 Å². The third kappa shape index (κ3) is 5.46. The van der Waals surface area contributed by atoms with Gasteiger partial charge in [0.2, 0.25) is 0 Å². The number of phosphoric ester groups is 2. The van der Waals surface area contributed by atoms with Crippen molar-refractivity contribution in [3.05, 3.63) is 41.3 Å². The van der Waals surface area contributed by atoms with E-state index in [1.165, 1.54) is 12.7 Å². The first-order chi connectivity index (χ1) is 21.8. The van der Waals surface area contributed by atoms with Gasteiger partial charge in [-0.15, -0.1) is 0 Å². The molecule has 6 N–H and O–H groups in total. The number of aromatic amines is 1. The highest BCUT2D eigenvalue weighted by Crippen LogP contribution is 2.53. The first-order valence-electron chi connectivity index (χ1n) is 13.8. The van der Waals surface area contributed by atoms with Crippen LogP contribution in [0.15, 0.2) is 30.0 Å². The Kier molecular flexibility index (Phi) is 7.85. The molecule has 4 aromatic heterocycles. The number of aromatic nitrogens is 7. The summed E-state index contributed by atoms with van der Waals surface area (Å²) in [5.41, 5.74) is 5.50. The highest BCUT2D eigenvalue weighted by molar-refractivity contribution is 7.47. The van der Waals surface area contributed by atoms with Crippen molar-refractivity contribution >= 4 is 43.7 Å². The van der Waals surface area contributed by atoms with Gasteiger partial charge in [-0.25, -0.2) is 33.5 Å². The van der Waals surface area contributed by atoms with Crippen LogP contribution in [0.25, 0.3) is 22.2 Å². The van der Waals surface area contributed by atoms with Gasteiger partial charge in [0.05, 0.1) is 38.6 Å². The summed E-state index contributed by atoms with van der Waals surface area (Å²) in [6.45, 7) is -0.0136. The van der Waals surface area contributed by atoms with Crippen LogP contribution in [-0.2, 0) is 36.7 Å². The van der Waals surface area contributed by atoms with E-state index in [-0.39, 0.29) is 11.5 Å². The molecular weight excluding hydrogens is 661 g/mol. The average Bonchev–Trinajstić information content (AvgIpc) is 3.74. The molecule has 3 aliphatic rings. The number of ether oxygens (including phenoxy) is 2. The maximum atomic E-state index is 14.8. The molecule has 0 spiro atoms. The second kappa shape index (κ2) is 11.5. The van der Waals surface area contributed by atoms with E-state index in [9.17, 15) is 33.2 Å². The fourth-order valence-corrected chi connectivity index (χ4v) is 7.63. The molecule has 0 amide bonds. The molecule has 0 saturated carbocycles. The number of hydrogen-bond acceptors (Lipinski definition) is 15. The van der Waals surface area contributed by atoms with Crippen LogP contribution in [0.1, 0.15) is 19.4 Å². The number of anilines is 1. The van der Waals surface area contributed by atoms with Crippen molar-refractivity contribution in [1.29, 1.82) is 0 Å². The van der Waals surface area contributed by atoms with E-state index < -0.39 is 101 Å². The molecule has 3 aliphatic heterocycles. The van der Waals surface area contributed by atoms with Crippen LogP contribution in [0.2, 0.25) is 0 Å². The van der Waals surface area contributed by atoms with Gasteiger partial charge in [-0.3, -0.25) is 27.5 Å². The number of rotatable bonds is 2. The van der Waals surface area contributed by atoms with E-state index >= 15 is 0 Å². The number of phosphoric acid groups is 2. The number of fused-ring (bicyclic) bond motifs is 5. The Morgan fingerprint density at radius 1 is 0.978 bits per heavy atom. The lowest BCUT2D eigenvalue weighted by atomic mass is 9.92. The van der Waals surface area contributed by atoms with Crippen LogP contribution >= 0.6 is 15.6 Å². The predicted octanol–water partition coefficient (Wildman–Crippen LogP) is 0.343. The minimum Gasteiger partial charge on any atom is -0.387 e. The van der Waals surface area contributed by atoms with Gasteiger partial charge in [0.1, 0.15) is 41.8 Å². The summed E-state index contributed by atoms with van der Waals surface area (Å²) in [5.74, 6) is -2.06. The quantitative estimate of drug-likeness (QED) is 0.178. The molecule has 0 aliphatic carbocycles. The number of nitrogens with one attached hydrogen (secondary N) is 1. The lowest BCUT2D eigenvalue weighted by molar-refractivity contribution is -0.0540. The topological polar surface area (TPSA) is 271 Å². The molecule has 2 bridgehead atoms. The Morgan fingerprint density at radius 2 is 1.70 bits per heavy atom. The van der Waals surface area contributed by atoms with Crippen molar-refractivity contribution in [3.8, 4) is 0 Å². The molecule has 3 saturated heterocycles. The summed E-state index contributed by atoms with van der Waals surface area (Å²) in [6.07, 6.45) is -3.91. The molecule has 3 fully saturated rings. The van der Waals surface area contributed by atoms with Crippen LogP contribution in [0.3, 0.4) is 0 Å². The van der Waals surface area contributed by atoms with E-state index in [0.29, 0.717) is 11.2 Å². The highest BCUT2D eigenvalue weighted by Gasteiger charge is 2.52. The Balaban J connectivity index is 1.20. The smallest absolute Gasteiger partial charge is 0.387 e. The van der Waals surface area contributed by atoms with Gasteiger partial charge in [0.25, 0.3) is 5.56 Å². The minimum atomic E-state index is -5.05. The molecule has 7 heterocycles. The number of nitrogens with two attached hydrogens (primary N) is 1. The fraction of sp³-hybridized carbons (Fsp3) is 0.522. The zero-order valence-corrected chi connectivity index (χ0v) is 25.4. The monoisotopic (exact) mass is 688 g/mol. The molecule has 0 radical (unpaired) electrons. The van der Waals surface area contributed by atoms with Crippen molar-refractivity contribution < 1.29 is 56.0 Å². The molecule has 248 valence electrons. The first kappa shape index (κ1) is 31.4. The number of H-pyrrole nitrogens is 1. The first-order valence-corrected chi connectivity index (χ1v) is 16.8. The molecule has 7 rings (SSSR count). The zero-order chi connectivity index (χ0) is 32.5. The van der Waals surface area contributed by atoms with Crippen molar-refractivity contribution in [1.82, 2.24) is 34.1 Å². The van der Waals surface area contributed by atoms with Crippen LogP contribution in [0, 0.1) is 17.7 Å². The van der Waals surface area contributed by atoms with E-state index in [2.05, 4.69) is 24.9 Å². The van der Waals surface area contributed by atoms with Gasteiger partial charge in [0, 0.05) is 18.0 Å². The normalized spacial score (nSPS) is 37.4. The Hall–Kier alpha value is -3.20. The third-order valence-electron chi connectivity index (χ3n) is 8.22. The minimum absolute atomic E-state index is 0.133. The Labute approximate surface area is 256 Å². The molecule has 20 nitrogen and oxygen atoms in total. The molecular formula is C23H27FN8O12P2. The standard InChI is InChI=1S/C23H27FN8O12P2/c1-9-10-3-39-45(35,36)40-5-13-16(33)17(23(43-13)31-2-11(24)14-19(31)27-7-29-21(14)34)44-46(37,38)41-4-12(10)42-22(9)32-8-30-15-18(25)26-6-28-20(15)32/h2,6-10,12-13,16-17,22-23,33H,3-5H2,1H3,(H,35,36)(H,37,38)(H2,25,26,28)(H,27,29,34)/t9-,10+,12-,13-,16-,17-,22-,23-/m1/s1. The molecule has 10 atom stereocenters. The SMILES string of the molecule is C[C@@H]1[C@@H]2COP(=O)(O)OC[C@H]3O[C@@H](n4cc(F)c5c(=O)[nH]cnc54)[C@H](OP(=O)(O)OC[C@H]2O[C@H]1n1cnc2c(N)ncnc21)[C@@H]3O. The molecule has 0 aromatic carbocycles. The van der Waals surface area contributed by atoms with Crippen LogP contribution in [0.5, 0.6) is 0 Å². The Morgan fingerprint density at radius 3 is 2.50 bits per heavy atom. The van der Waals surface area contributed by atoms with Gasteiger partial charge in [-0.05, 0) is 0 Å². The van der Waals surface area contributed by atoms with E-state index in [4.69, 9.17) is 33.3 Å². The number of halogens is 1. The summed E-state index contributed by atoms with van der Waals surface area (Å²) in [5, 5.41) is 10.6. The van der Waals surface area contributed by atoms with Crippen molar-refractivity contribution in [2.75, 3.05) is 25.6 Å². The van der Waals surface area contributed by atoms with Crippen LogP contribution in [0.4, 0.5) is 10.2 Å². The molecule has 23 heteroatoms. The number of nitrogen functional groups attached to an aromatic ring is 1. The van der Waals surface area contributed by atoms with Gasteiger partial charge in [-0.1, -0.05) is 6.92 Å². The fourth-order valence-electron chi connectivity index (χ4n) is 5.92. The Bertz CT molecular complexity index is 1960. The third-order valence-corrected chi connectivity index (χ3v) is 10.2. The number of nitrogens with zero attached hydrogens (tertiary/aromatic N) is 6. The molecule has 4 aromatic rings. The number of aliphatic hydroxyl groups excluding tert-OH is 1. The van der Waals surface area contributed by atoms with Crippen LogP contribution < -0.4 is 11.3 Å². The van der Waals surface area contributed by atoms with Crippen molar-refractivity contribution in [3.63, 3.8) is 0 Å². The van der Waals surface area contributed by atoms with E-state index in [1.54, 1.807) is 11.5 Å². The summed E-state index contributed by atoms with van der Waals surface area (Å²) in [4.78, 5) is 52.1. The highest BCUT2D eigenvalue weighted by atomic mass is 31.2. The predicted molar refractivity (Wildman–Crippen MR) is 149 cm³/mol. The lowest BCUT2D eigenvalue weighted by Gasteiger charge is -2.26. The number of hydrogen-bond donors (Lipinski definition) is 5. The van der Waals surface area contributed by atoms with Gasteiger partial charge in [0.15, 0.2) is 29.2 Å². The van der Waals surface area contributed by atoms with Gasteiger partial charge in [-0.2, -0.15) is 0 Å². The maximum Gasteiger partial charge on any atom is 0.472 e. The summed E-state index contributed by atoms with van der Waals surface area (Å²) >= 11 is 0. The maximum absolute atomic E-state index is 14.8. The summed E-state index contributed by atoms with van der Waals surface area (Å²) < 4.78 is 76.6. The number of imidazole rings is 1. The summed E-state index contributed by atoms with van der Waals surface area (Å²) in [6, 6.07) is 0. The van der Waals surface area contributed by atoms with E-state index in [1.807, 2.05) is 0 Å². The van der Waals surface area contributed by atoms with Crippen molar-refractivity contribution in [2.24, 2.45) is 11.8 Å². The van der Waals surface area contributed by atoms with Crippen LogP contribution in [-0.4, -0.2) is 93.2 Å². The second-order valence-electron chi connectivity index (χ2n) is 10.9. The summed E-state index contributed by atoms with van der Waals surface area (Å²) in [7, 11) is -9.84.